The van der Waals surface area contributed by atoms with E-state index < -0.39 is 24.2 Å². The Morgan fingerprint density at radius 1 is 1.46 bits per heavy atom. The Labute approximate surface area is 75.6 Å². The van der Waals surface area contributed by atoms with Crippen LogP contribution in [0.15, 0.2) is 0 Å². The summed E-state index contributed by atoms with van der Waals surface area (Å²) < 4.78 is 15.9. The molecule has 0 amide bonds. The highest BCUT2D eigenvalue weighted by atomic mass is 16.8. The van der Waals surface area contributed by atoms with E-state index in [1.165, 1.54) is 0 Å². The van der Waals surface area contributed by atoms with Gasteiger partial charge in [-0.05, 0) is 13.8 Å². The van der Waals surface area contributed by atoms with Crippen LogP contribution in [0.2, 0.25) is 0 Å². The molecule has 0 spiro atoms. The molecule has 3 atom stereocenters. The van der Waals surface area contributed by atoms with E-state index in [0.29, 0.717) is 6.42 Å². The van der Waals surface area contributed by atoms with E-state index in [0.717, 1.165) is 0 Å². The maximum atomic E-state index is 10.6. The van der Waals surface area contributed by atoms with E-state index in [9.17, 15) is 4.79 Å². The Kier molecular flexibility index (Phi) is 1.83. The van der Waals surface area contributed by atoms with Gasteiger partial charge in [-0.3, -0.25) is 0 Å². The standard InChI is InChI=1S/C8H12O5/c1-8(2)12-5-3-4(6(9)10)11-7(5)13-8/h4-5,7H,3H2,1-2H3,(H,9,10)/t4-,5-,7-/m0/s1. The first-order chi connectivity index (χ1) is 5.98. The molecule has 0 radical (unpaired) electrons. The number of ether oxygens (including phenoxy) is 3. The zero-order valence-corrected chi connectivity index (χ0v) is 7.52. The Morgan fingerprint density at radius 2 is 2.15 bits per heavy atom. The van der Waals surface area contributed by atoms with Gasteiger partial charge in [0.05, 0.1) is 0 Å². The van der Waals surface area contributed by atoms with Gasteiger partial charge in [-0.25, -0.2) is 4.79 Å². The monoisotopic (exact) mass is 188 g/mol. The number of aliphatic carboxylic acids is 1. The number of carbonyl (C=O) groups is 1. The van der Waals surface area contributed by atoms with Crippen LogP contribution in [0.5, 0.6) is 0 Å². The number of fused-ring (bicyclic) bond motifs is 1. The maximum absolute atomic E-state index is 10.6. The Morgan fingerprint density at radius 3 is 2.69 bits per heavy atom. The summed E-state index contributed by atoms with van der Waals surface area (Å²) in [6, 6.07) is 0. The molecule has 0 aliphatic carbocycles. The van der Waals surface area contributed by atoms with Gasteiger partial charge in [-0.1, -0.05) is 0 Å². The van der Waals surface area contributed by atoms with Gasteiger partial charge in [0.15, 0.2) is 18.2 Å². The quantitative estimate of drug-likeness (QED) is 0.642. The van der Waals surface area contributed by atoms with E-state index in [1.807, 2.05) is 0 Å². The molecule has 2 heterocycles. The smallest absolute Gasteiger partial charge is 0.333 e. The highest BCUT2D eigenvalue weighted by molar-refractivity contribution is 5.72. The summed E-state index contributed by atoms with van der Waals surface area (Å²) in [4.78, 5) is 10.6. The highest BCUT2D eigenvalue weighted by Crippen LogP contribution is 2.36. The van der Waals surface area contributed by atoms with Gasteiger partial charge >= 0.3 is 5.97 Å². The molecule has 2 aliphatic rings. The van der Waals surface area contributed by atoms with Crippen molar-refractivity contribution in [2.45, 2.75) is 44.6 Å². The second-order valence-corrected chi connectivity index (χ2v) is 3.74. The minimum atomic E-state index is -0.959. The van der Waals surface area contributed by atoms with Crippen LogP contribution in [0, 0.1) is 0 Å². The van der Waals surface area contributed by atoms with Gasteiger partial charge in [0, 0.05) is 6.42 Å². The molecule has 0 saturated carbocycles. The van der Waals surface area contributed by atoms with E-state index in [-0.39, 0.29) is 6.10 Å². The summed E-state index contributed by atoms with van der Waals surface area (Å²) in [7, 11) is 0. The number of carboxylic acids is 1. The first-order valence-electron chi connectivity index (χ1n) is 4.22. The molecule has 2 aliphatic heterocycles. The van der Waals surface area contributed by atoms with Crippen molar-refractivity contribution in [1.82, 2.24) is 0 Å². The largest absolute Gasteiger partial charge is 0.479 e. The van der Waals surface area contributed by atoms with Gasteiger partial charge in [0.25, 0.3) is 0 Å². The van der Waals surface area contributed by atoms with E-state index in [2.05, 4.69) is 0 Å². The van der Waals surface area contributed by atoms with Crippen LogP contribution in [0.4, 0.5) is 0 Å². The molecule has 0 aromatic carbocycles. The molecule has 5 nitrogen and oxygen atoms in total. The highest BCUT2D eigenvalue weighted by Gasteiger charge is 2.50. The second-order valence-electron chi connectivity index (χ2n) is 3.74. The van der Waals surface area contributed by atoms with Crippen molar-refractivity contribution < 1.29 is 24.1 Å². The van der Waals surface area contributed by atoms with Gasteiger partial charge in [-0.15, -0.1) is 0 Å². The molecule has 0 aromatic heterocycles. The summed E-state index contributed by atoms with van der Waals surface area (Å²) in [6.45, 7) is 3.56. The number of hydrogen-bond donors (Lipinski definition) is 1. The molecule has 2 fully saturated rings. The minimum Gasteiger partial charge on any atom is -0.479 e. The molecular weight excluding hydrogens is 176 g/mol. The number of hydrogen-bond acceptors (Lipinski definition) is 4. The fourth-order valence-corrected chi connectivity index (χ4v) is 1.67. The Hall–Kier alpha value is -0.650. The van der Waals surface area contributed by atoms with Crippen LogP contribution in [-0.4, -0.2) is 35.4 Å². The van der Waals surface area contributed by atoms with Crippen LogP contribution in [-0.2, 0) is 19.0 Å². The molecular formula is C8H12O5. The van der Waals surface area contributed by atoms with Crippen molar-refractivity contribution >= 4 is 5.97 Å². The van der Waals surface area contributed by atoms with E-state index in [1.54, 1.807) is 13.8 Å². The summed E-state index contributed by atoms with van der Waals surface area (Å²) in [5.74, 6) is -1.61. The van der Waals surface area contributed by atoms with Crippen LogP contribution >= 0.6 is 0 Å². The average Bonchev–Trinajstić information content (AvgIpc) is 2.39. The van der Waals surface area contributed by atoms with Crippen LogP contribution in [0.1, 0.15) is 20.3 Å². The Balaban J connectivity index is 2.01. The van der Waals surface area contributed by atoms with Crippen LogP contribution < -0.4 is 0 Å². The molecule has 13 heavy (non-hydrogen) atoms. The third-order valence-corrected chi connectivity index (χ3v) is 2.16. The molecule has 0 bridgehead atoms. The summed E-state index contributed by atoms with van der Waals surface area (Å²) >= 11 is 0. The summed E-state index contributed by atoms with van der Waals surface area (Å²) in [5, 5.41) is 8.66. The molecule has 74 valence electrons. The van der Waals surface area contributed by atoms with Gasteiger partial charge in [0.1, 0.15) is 6.10 Å². The zero-order chi connectivity index (χ0) is 9.64. The molecule has 0 aromatic rings. The second kappa shape index (κ2) is 2.67. The van der Waals surface area contributed by atoms with Gasteiger partial charge < -0.3 is 19.3 Å². The summed E-state index contributed by atoms with van der Waals surface area (Å²) in [6.07, 6.45) is -1.18. The van der Waals surface area contributed by atoms with Crippen molar-refractivity contribution in [3.63, 3.8) is 0 Å². The fraction of sp³-hybridized carbons (Fsp3) is 0.875. The van der Waals surface area contributed by atoms with Gasteiger partial charge in [-0.2, -0.15) is 0 Å². The third-order valence-electron chi connectivity index (χ3n) is 2.16. The Bertz CT molecular complexity index is 221. The van der Waals surface area contributed by atoms with Crippen LogP contribution in [0.25, 0.3) is 0 Å². The zero-order valence-electron chi connectivity index (χ0n) is 7.52. The topological polar surface area (TPSA) is 65.0 Å². The lowest BCUT2D eigenvalue weighted by Gasteiger charge is -2.18. The SMILES string of the molecule is CC1(C)O[C@@H]2O[C@H](C(=O)O)C[C@@H]2O1. The first kappa shape index (κ1) is 8.93. The van der Waals surface area contributed by atoms with Crippen molar-refractivity contribution in [3.8, 4) is 0 Å². The van der Waals surface area contributed by atoms with Gasteiger partial charge in [0.2, 0.25) is 0 Å². The third kappa shape index (κ3) is 1.54. The molecule has 1 N–H and O–H groups in total. The number of rotatable bonds is 1. The molecule has 0 unspecified atom stereocenters. The van der Waals surface area contributed by atoms with Crippen molar-refractivity contribution in [2.24, 2.45) is 0 Å². The predicted octanol–water partition coefficient (Wildman–Crippen LogP) is 0.337. The minimum absolute atomic E-state index is 0.240. The molecule has 2 saturated heterocycles. The average molecular weight is 188 g/mol. The molecule has 5 heteroatoms. The maximum Gasteiger partial charge on any atom is 0.333 e. The molecule has 2 rings (SSSR count). The summed E-state index contributed by atoms with van der Waals surface area (Å²) in [5.41, 5.74) is 0. The lowest BCUT2D eigenvalue weighted by Crippen LogP contribution is -2.27. The van der Waals surface area contributed by atoms with Crippen molar-refractivity contribution in [3.05, 3.63) is 0 Å². The van der Waals surface area contributed by atoms with Crippen molar-refractivity contribution in [1.29, 1.82) is 0 Å². The van der Waals surface area contributed by atoms with E-state index >= 15 is 0 Å². The van der Waals surface area contributed by atoms with E-state index in [4.69, 9.17) is 19.3 Å². The predicted molar refractivity (Wildman–Crippen MR) is 41.0 cm³/mol. The van der Waals surface area contributed by atoms with Crippen LogP contribution in [0.3, 0.4) is 0 Å². The lowest BCUT2D eigenvalue weighted by molar-refractivity contribution is -0.209. The first-order valence-corrected chi connectivity index (χ1v) is 4.22. The fourth-order valence-electron chi connectivity index (χ4n) is 1.67. The van der Waals surface area contributed by atoms with Crippen molar-refractivity contribution in [2.75, 3.05) is 0 Å². The normalized spacial score (nSPS) is 41.8. The number of carboxylic acid groups (broad SMARTS) is 1. The lowest BCUT2D eigenvalue weighted by atomic mass is 10.2.